The second-order valence-corrected chi connectivity index (χ2v) is 2.84. The van der Waals surface area contributed by atoms with Gasteiger partial charge >= 0.3 is 12.1 Å². The molecule has 1 aromatic carbocycles. The minimum atomic E-state index is -0.792. The van der Waals surface area contributed by atoms with Crippen molar-refractivity contribution in [3.05, 3.63) is 30.3 Å². The second kappa shape index (κ2) is 5.59. The summed E-state index contributed by atoms with van der Waals surface area (Å²) in [6, 6.07) is 7.70. The van der Waals surface area contributed by atoms with Crippen LogP contribution in [0.3, 0.4) is 0 Å². The van der Waals surface area contributed by atoms with E-state index in [2.05, 4.69) is 10.2 Å². The van der Waals surface area contributed by atoms with Gasteiger partial charge in [-0.2, -0.15) is 0 Å². The van der Waals surface area contributed by atoms with Crippen LogP contribution in [0.1, 0.15) is 6.92 Å². The first-order valence-corrected chi connectivity index (χ1v) is 4.73. The Morgan fingerprint density at radius 3 is 2.50 bits per heavy atom. The first kappa shape index (κ1) is 11.8. The third kappa shape index (κ3) is 3.16. The maximum atomic E-state index is 11.1. The predicted molar refractivity (Wildman–Crippen MR) is 58.7 cm³/mol. The lowest BCUT2D eigenvalue weighted by Crippen LogP contribution is -2.49. The molecule has 0 atom stereocenters. The fraction of sp³-hybridized carbons (Fsp3) is 0.200. The van der Waals surface area contributed by atoms with Crippen LogP contribution in [0.2, 0.25) is 0 Å². The van der Waals surface area contributed by atoms with Gasteiger partial charge < -0.3 is 10.5 Å². The molecule has 0 aliphatic carbocycles. The number of hydrogen-bond donors (Lipinski definition) is 2. The van der Waals surface area contributed by atoms with Crippen molar-refractivity contribution in [3.8, 4) is 0 Å². The highest BCUT2D eigenvalue weighted by atomic mass is 16.6. The van der Waals surface area contributed by atoms with E-state index >= 15 is 0 Å². The number of urea groups is 1. The minimum Gasteiger partial charge on any atom is -0.449 e. The SMILES string of the molecule is CCOC(=O)NN(C(N)=O)c1ccccc1. The molecule has 0 heterocycles. The van der Waals surface area contributed by atoms with Crippen LogP contribution in [0.25, 0.3) is 0 Å². The molecule has 0 spiro atoms. The van der Waals surface area contributed by atoms with Gasteiger partial charge in [-0.25, -0.2) is 20.0 Å². The molecule has 0 aliphatic rings. The first-order chi connectivity index (χ1) is 7.65. The summed E-state index contributed by atoms with van der Waals surface area (Å²) in [5, 5.41) is 0.915. The molecule has 0 unspecified atom stereocenters. The van der Waals surface area contributed by atoms with Crippen molar-refractivity contribution in [1.82, 2.24) is 5.43 Å². The molecule has 0 aromatic heterocycles. The Bertz CT molecular complexity index is 367. The molecule has 3 N–H and O–H groups in total. The number of ether oxygens (including phenoxy) is 1. The van der Waals surface area contributed by atoms with Gasteiger partial charge in [0.05, 0.1) is 12.3 Å². The van der Waals surface area contributed by atoms with Crippen LogP contribution in [-0.4, -0.2) is 18.7 Å². The summed E-state index contributed by atoms with van der Waals surface area (Å²) in [5.74, 6) is 0. The molecule has 16 heavy (non-hydrogen) atoms. The second-order valence-electron chi connectivity index (χ2n) is 2.84. The number of benzene rings is 1. The van der Waals surface area contributed by atoms with Crippen LogP contribution >= 0.6 is 0 Å². The number of hydrogen-bond acceptors (Lipinski definition) is 3. The van der Waals surface area contributed by atoms with Crippen LogP contribution in [0.5, 0.6) is 0 Å². The van der Waals surface area contributed by atoms with E-state index in [9.17, 15) is 9.59 Å². The summed E-state index contributed by atoms with van der Waals surface area (Å²) in [7, 11) is 0. The number of para-hydroxylation sites is 1. The number of anilines is 1. The summed E-state index contributed by atoms with van der Waals surface area (Å²) in [5.41, 5.74) is 7.82. The van der Waals surface area contributed by atoms with E-state index < -0.39 is 12.1 Å². The number of amides is 3. The Balaban J connectivity index is 2.77. The zero-order chi connectivity index (χ0) is 12.0. The topological polar surface area (TPSA) is 84.7 Å². The van der Waals surface area contributed by atoms with E-state index in [1.54, 1.807) is 37.3 Å². The van der Waals surface area contributed by atoms with Crippen molar-refractivity contribution in [1.29, 1.82) is 0 Å². The lowest BCUT2D eigenvalue weighted by atomic mass is 10.3. The highest BCUT2D eigenvalue weighted by Crippen LogP contribution is 2.10. The van der Waals surface area contributed by atoms with Crippen molar-refractivity contribution in [2.24, 2.45) is 5.73 Å². The van der Waals surface area contributed by atoms with E-state index in [-0.39, 0.29) is 6.61 Å². The smallest absolute Gasteiger partial charge is 0.426 e. The molecule has 0 bridgehead atoms. The van der Waals surface area contributed by atoms with E-state index in [1.165, 1.54) is 0 Å². The zero-order valence-corrected chi connectivity index (χ0v) is 8.84. The minimum absolute atomic E-state index is 0.216. The average Bonchev–Trinajstić information content (AvgIpc) is 2.27. The number of carbonyl (C=O) groups is 2. The fourth-order valence-electron chi connectivity index (χ4n) is 1.08. The van der Waals surface area contributed by atoms with Crippen molar-refractivity contribution >= 4 is 17.8 Å². The number of nitrogens with one attached hydrogen (secondary N) is 1. The lowest BCUT2D eigenvalue weighted by Gasteiger charge is -2.20. The Labute approximate surface area is 92.9 Å². The van der Waals surface area contributed by atoms with Gasteiger partial charge in [-0.05, 0) is 19.1 Å². The van der Waals surface area contributed by atoms with E-state index in [1.807, 2.05) is 0 Å². The summed E-state index contributed by atoms with van der Waals surface area (Å²) in [4.78, 5) is 22.3. The normalized spacial score (nSPS) is 9.31. The van der Waals surface area contributed by atoms with E-state index in [0.717, 1.165) is 5.01 Å². The monoisotopic (exact) mass is 223 g/mol. The molecular formula is C10H13N3O3. The van der Waals surface area contributed by atoms with Crippen LogP contribution < -0.4 is 16.2 Å². The number of carbonyl (C=O) groups excluding carboxylic acids is 2. The van der Waals surface area contributed by atoms with Gasteiger partial charge in [0, 0.05) is 0 Å². The highest BCUT2D eigenvalue weighted by molar-refractivity contribution is 5.92. The van der Waals surface area contributed by atoms with E-state index in [0.29, 0.717) is 5.69 Å². The van der Waals surface area contributed by atoms with Gasteiger partial charge in [0.1, 0.15) is 0 Å². The zero-order valence-electron chi connectivity index (χ0n) is 8.84. The Morgan fingerprint density at radius 2 is 2.00 bits per heavy atom. The van der Waals surface area contributed by atoms with Crippen LogP contribution in [0.4, 0.5) is 15.3 Å². The quantitative estimate of drug-likeness (QED) is 0.739. The Hall–Kier alpha value is -2.24. The molecule has 0 radical (unpaired) electrons. The summed E-state index contributed by atoms with van der Waals surface area (Å²) < 4.78 is 4.64. The molecular weight excluding hydrogens is 210 g/mol. The van der Waals surface area contributed by atoms with Crippen molar-refractivity contribution in [3.63, 3.8) is 0 Å². The van der Waals surface area contributed by atoms with Crippen molar-refractivity contribution in [2.75, 3.05) is 11.6 Å². The molecule has 6 nitrogen and oxygen atoms in total. The molecule has 86 valence electrons. The van der Waals surface area contributed by atoms with Gasteiger partial charge in [-0.1, -0.05) is 18.2 Å². The maximum absolute atomic E-state index is 11.1. The van der Waals surface area contributed by atoms with Gasteiger partial charge in [0.2, 0.25) is 0 Å². The van der Waals surface area contributed by atoms with Crippen LogP contribution in [-0.2, 0) is 4.74 Å². The number of nitrogens with zero attached hydrogens (tertiary/aromatic N) is 1. The van der Waals surface area contributed by atoms with Crippen LogP contribution in [0, 0.1) is 0 Å². The standard InChI is InChI=1S/C10H13N3O3/c1-2-16-10(15)12-13(9(11)14)8-6-4-3-5-7-8/h3-7H,2H2,1H3,(H2,11,14)(H,12,15). The Kier molecular flexibility index (Phi) is 4.14. The molecule has 0 saturated carbocycles. The van der Waals surface area contributed by atoms with Gasteiger partial charge in [0.15, 0.2) is 0 Å². The van der Waals surface area contributed by atoms with Gasteiger partial charge in [-0.15, -0.1) is 0 Å². The van der Waals surface area contributed by atoms with Crippen molar-refractivity contribution in [2.45, 2.75) is 6.92 Å². The summed E-state index contributed by atoms with van der Waals surface area (Å²) in [6.45, 7) is 1.88. The van der Waals surface area contributed by atoms with Gasteiger partial charge in [0.25, 0.3) is 0 Å². The van der Waals surface area contributed by atoms with Crippen LogP contribution in [0.15, 0.2) is 30.3 Å². The largest absolute Gasteiger partial charge is 0.449 e. The third-order valence-corrected chi connectivity index (χ3v) is 1.71. The van der Waals surface area contributed by atoms with Crippen molar-refractivity contribution < 1.29 is 14.3 Å². The molecule has 0 saturated heterocycles. The Morgan fingerprint density at radius 1 is 1.38 bits per heavy atom. The molecule has 1 rings (SSSR count). The number of rotatable bonds is 2. The predicted octanol–water partition coefficient (Wildman–Crippen LogP) is 1.23. The molecule has 3 amide bonds. The summed E-state index contributed by atoms with van der Waals surface area (Å²) >= 11 is 0. The van der Waals surface area contributed by atoms with E-state index in [4.69, 9.17) is 5.73 Å². The summed E-state index contributed by atoms with van der Waals surface area (Å²) in [6.07, 6.45) is -0.731. The average molecular weight is 223 g/mol. The maximum Gasteiger partial charge on any atom is 0.426 e. The number of primary amides is 1. The molecule has 0 aliphatic heterocycles. The fourth-order valence-corrected chi connectivity index (χ4v) is 1.08. The third-order valence-electron chi connectivity index (χ3n) is 1.71. The first-order valence-electron chi connectivity index (χ1n) is 4.73. The molecule has 1 aromatic rings. The lowest BCUT2D eigenvalue weighted by molar-refractivity contribution is 0.151. The number of nitrogens with two attached hydrogens (primary N) is 1. The number of hydrazine groups is 1. The molecule has 0 fully saturated rings. The highest BCUT2D eigenvalue weighted by Gasteiger charge is 2.15. The molecule has 6 heteroatoms. The van der Waals surface area contributed by atoms with Gasteiger partial charge in [-0.3, -0.25) is 0 Å².